The van der Waals surface area contributed by atoms with Crippen molar-refractivity contribution in [3.8, 4) is 0 Å². The number of amides is 1. The fraction of sp³-hybridized carbons (Fsp3) is 0.812. The molecule has 3 atom stereocenters. The Bertz CT molecular complexity index is 401. The molecule has 5 nitrogen and oxygen atoms in total. The maximum Gasteiger partial charge on any atom is 0.410 e. The van der Waals surface area contributed by atoms with Gasteiger partial charge in [0.25, 0.3) is 0 Å². The molecule has 1 saturated heterocycles. The summed E-state index contributed by atoms with van der Waals surface area (Å²) in [5.41, 5.74) is -0.487. The SMILES string of the molecule is C=C[C@H](N[S+]([O-])C(C)(C)C)[C@H]1CCN(C(=O)OC(C)(C)C)C1. The van der Waals surface area contributed by atoms with Crippen molar-refractivity contribution in [1.29, 1.82) is 0 Å². The van der Waals surface area contributed by atoms with Gasteiger partial charge in [-0.25, -0.2) is 4.79 Å². The monoisotopic (exact) mass is 330 g/mol. The van der Waals surface area contributed by atoms with Gasteiger partial charge in [-0.15, -0.1) is 11.3 Å². The lowest BCUT2D eigenvalue weighted by molar-refractivity contribution is 0.0287. The summed E-state index contributed by atoms with van der Waals surface area (Å²) in [7, 11) is 0. The minimum atomic E-state index is -1.16. The van der Waals surface area contributed by atoms with E-state index in [0.717, 1.165) is 6.42 Å². The number of nitrogens with zero attached hydrogens (tertiary/aromatic N) is 1. The van der Waals surface area contributed by atoms with E-state index in [1.165, 1.54) is 0 Å². The third kappa shape index (κ3) is 5.82. The van der Waals surface area contributed by atoms with Crippen molar-refractivity contribution in [2.75, 3.05) is 13.1 Å². The summed E-state index contributed by atoms with van der Waals surface area (Å²) in [6.45, 7) is 16.5. The van der Waals surface area contributed by atoms with Gasteiger partial charge in [0, 0.05) is 30.4 Å². The van der Waals surface area contributed by atoms with Crippen LogP contribution in [0.5, 0.6) is 0 Å². The van der Waals surface area contributed by atoms with Crippen LogP contribution >= 0.6 is 0 Å². The molecule has 1 aliphatic rings. The predicted octanol–water partition coefficient (Wildman–Crippen LogP) is 2.85. The number of hydrogen-bond acceptors (Lipinski definition) is 4. The molecule has 128 valence electrons. The lowest BCUT2D eigenvalue weighted by atomic mass is 10.0. The van der Waals surface area contributed by atoms with Crippen molar-refractivity contribution in [1.82, 2.24) is 9.62 Å². The normalized spacial score (nSPS) is 22.3. The maximum atomic E-state index is 12.2. The fourth-order valence-corrected chi connectivity index (χ4v) is 3.10. The van der Waals surface area contributed by atoms with Crippen LogP contribution in [0.25, 0.3) is 0 Å². The largest absolute Gasteiger partial charge is 0.598 e. The van der Waals surface area contributed by atoms with Gasteiger partial charge in [0.1, 0.15) is 10.3 Å². The van der Waals surface area contributed by atoms with E-state index in [1.807, 2.05) is 41.5 Å². The quantitative estimate of drug-likeness (QED) is 0.636. The van der Waals surface area contributed by atoms with Gasteiger partial charge in [0.05, 0.1) is 6.04 Å². The van der Waals surface area contributed by atoms with Crippen LogP contribution < -0.4 is 4.72 Å². The standard InChI is InChI=1S/C16H30N2O3S/c1-8-13(17-22(20)16(5,6)7)12-9-10-18(11-12)14(19)21-15(2,3)4/h8,12-13,17H,1,9-11H2,2-7H3/t12-,13-,22?/m0/s1. The summed E-state index contributed by atoms with van der Waals surface area (Å²) >= 11 is -1.16. The first kappa shape index (κ1) is 19.3. The van der Waals surface area contributed by atoms with Gasteiger partial charge in [-0.2, -0.15) is 0 Å². The van der Waals surface area contributed by atoms with Crippen LogP contribution in [0, 0.1) is 5.92 Å². The van der Waals surface area contributed by atoms with Gasteiger partial charge >= 0.3 is 6.09 Å². The summed E-state index contributed by atoms with van der Waals surface area (Å²) in [4.78, 5) is 13.8. The van der Waals surface area contributed by atoms with E-state index in [9.17, 15) is 9.35 Å². The molecule has 1 rings (SSSR count). The molecule has 0 aliphatic carbocycles. The molecule has 0 aromatic heterocycles. The molecule has 0 aromatic rings. The first-order chi connectivity index (χ1) is 9.94. The summed E-state index contributed by atoms with van der Waals surface area (Å²) in [5.74, 6) is 0.205. The van der Waals surface area contributed by atoms with Gasteiger partial charge in [0.15, 0.2) is 0 Å². The number of hydrogen-bond donors (Lipinski definition) is 1. The van der Waals surface area contributed by atoms with Gasteiger partial charge in [-0.1, -0.05) is 6.08 Å². The number of carbonyl (C=O) groups is 1. The number of carbonyl (C=O) groups excluding carboxylic acids is 1. The van der Waals surface area contributed by atoms with Gasteiger partial charge < -0.3 is 14.2 Å². The van der Waals surface area contributed by atoms with Crippen LogP contribution in [0.15, 0.2) is 12.7 Å². The summed E-state index contributed by atoms with van der Waals surface area (Å²) in [5, 5.41) is 0. The highest BCUT2D eigenvalue weighted by molar-refractivity contribution is 7.90. The first-order valence-corrected chi connectivity index (χ1v) is 8.87. The van der Waals surface area contributed by atoms with Crippen molar-refractivity contribution in [2.24, 2.45) is 5.92 Å². The van der Waals surface area contributed by atoms with Crippen LogP contribution in [0.1, 0.15) is 48.0 Å². The number of ether oxygens (including phenoxy) is 1. The molecular formula is C16H30N2O3S. The van der Waals surface area contributed by atoms with Crippen molar-refractivity contribution < 1.29 is 14.1 Å². The molecule has 0 aromatic carbocycles. The Morgan fingerprint density at radius 3 is 2.45 bits per heavy atom. The smallest absolute Gasteiger partial charge is 0.410 e. The first-order valence-electron chi connectivity index (χ1n) is 7.72. The van der Waals surface area contributed by atoms with E-state index in [0.29, 0.717) is 13.1 Å². The topological polar surface area (TPSA) is 64.6 Å². The zero-order valence-corrected chi connectivity index (χ0v) is 15.5. The van der Waals surface area contributed by atoms with Crippen LogP contribution in [0.2, 0.25) is 0 Å². The molecule has 1 aliphatic heterocycles. The lowest BCUT2D eigenvalue weighted by Crippen LogP contribution is -2.47. The Kier molecular flexibility index (Phi) is 6.36. The van der Waals surface area contributed by atoms with E-state index >= 15 is 0 Å². The van der Waals surface area contributed by atoms with Crippen molar-refractivity contribution in [3.05, 3.63) is 12.7 Å². The molecule has 0 spiro atoms. The number of nitrogens with one attached hydrogen (secondary N) is 1. The van der Waals surface area contributed by atoms with E-state index in [2.05, 4.69) is 11.3 Å². The Labute approximate surface area is 137 Å². The third-order valence-electron chi connectivity index (χ3n) is 3.44. The van der Waals surface area contributed by atoms with Gasteiger partial charge in [-0.3, -0.25) is 0 Å². The molecular weight excluding hydrogens is 300 g/mol. The Morgan fingerprint density at radius 2 is 2.00 bits per heavy atom. The van der Waals surface area contributed by atoms with Crippen LogP contribution in [0.3, 0.4) is 0 Å². The third-order valence-corrected chi connectivity index (χ3v) is 5.04. The highest BCUT2D eigenvalue weighted by atomic mass is 32.2. The molecule has 0 bridgehead atoms. The number of rotatable bonds is 4. The zero-order valence-electron chi connectivity index (χ0n) is 14.6. The summed E-state index contributed by atoms with van der Waals surface area (Å²) < 4.78 is 20.4. The molecule has 1 heterocycles. The molecule has 1 unspecified atom stereocenters. The second kappa shape index (κ2) is 7.23. The second-order valence-corrected chi connectivity index (χ2v) is 9.73. The molecule has 1 N–H and O–H groups in total. The minimum Gasteiger partial charge on any atom is -0.598 e. The summed E-state index contributed by atoms with van der Waals surface area (Å²) in [6, 6.07) is -0.0764. The van der Waals surface area contributed by atoms with E-state index in [4.69, 9.17) is 4.74 Å². The van der Waals surface area contributed by atoms with E-state index in [-0.39, 0.29) is 22.8 Å². The van der Waals surface area contributed by atoms with Gasteiger partial charge in [-0.05, 0) is 48.0 Å². The maximum absolute atomic E-state index is 12.2. The van der Waals surface area contributed by atoms with Gasteiger partial charge in [0.2, 0.25) is 0 Å². The van der Waals surface area contributed by atoms with Crippen LogP contribution in [-0.4, -0.2) is 45.0 Å². The van der Waals surface area contributed by atoms with Crippen molar-refractivity contribution in [3.63, 3.8) is 0 Å². The Balaban J connectivity index is 2.60. The predicted molar refractivity (Wildman–Crippen MR) is 90.9 cm³/mol. The molecule has 0 saturated carbocycles. The second-order valence-electron chi connectivity index (χ2n) is 7.74. The molecule has 0 radical (unpaired) electrons. The molecule has 1 amide bonds. The summed E-state index contributed by atoms with van der Waals surface area (Å²) in [6.07, 6.45) is 2.35. The average molecular weight is 330 g/mol. The Morgan fingerprint density at radius 1 is 1.41 bits per heavy atom. The Hall–Kier alpha value is -0.720. The average Bonchev–Trinajstić information content (AvgIpc) is 2.81. The highest BCUT2D eigenvalue weighted by Crippen LogP contribution is 2.24. The van der Waals surface area contributed by atoms with E-state index < -0.39 is 17.0 Å². The van der Waals surface area contributed by atoms with Crippen molar-refractivity contribution >= 4 is 17.5 Å². The highest BCUT2D eigenvalue weighted by Gasteiger charge is 2.36. The molecule has 22 heavy (non-hydrogen) atoms. The zero-order chi connectivity index (χ0) is 17.1. The van der Waals surface area contributed by atoms with E-state index in [1.54, 1.807) is 11.0 Å². The fourth-order valence-electron chi connectivity index (χ4n) is 2.21. The molecule has 6 heteroatoms. The number of likely N-dealkylation sites (tertiary alicyclic amines) is 1. The lowest BCUT2D eigenvalue weighted by Gasteiger charge is -2.29. The van der Waals surface area contributed by atoms with Crippen molar-refractivity contribution in [2.45, 2.75) is 64.4 Å². The van der Waals surface area contributed by atoms with Crippen LogP contribution in [0.4, 0.5) is 4.79 Å². The molecule has 1 fully saturated rings. The van der Waals surface area contributed by atoms with Crippen LogP contribution in [-0.2, 0) is 16.1 Å². The minimum absolute atomic E-state index is 0.0764.